The first-order valence-electron chi connectivity index (χ1n) is 6.42. The third-order valence-corrected chi connectivity index (χ3v) is 3.88. The minimum absolute atomic E-state index is 0.141. The number of carbonyl (C=O) groups is 1. The van der Waals surface area contributed by atoms with E-state index in [2.05, 4.69) is 5.10 Å². The van der Waals surface area contributed by atoms with Gasteiger partial charge in [-0.3, -0.25) is 9.48 Å². The van der Waals surface area contributed by atoms with Crippen molar-refractivity contribution in [3.8, 4) is 0 Å². The predicted molar refractivity (Wildman–Crippen MR) is 66.7 cm³/mol. The molecule has 1 aliphatic rings. The zero-order valence-electron chi connectivity index (χ0n) is 10.5. The van der Waals surface area contributed by atoms with Gasteiger partial charge in [0.25, 0.3) is 0 Å². The number of ketones is 1. The van der Waals surface area contributed by atoms with Gasteiger partial charge >= 0.3 is 0 Å². The van der Waals surface area contributed by atoms with Crippen LogP contribution in [0.25, 0.3) is 0 Å². The number of nitrogens with zero attached hydrogens (tertiary/aromatic N) is 2. The van der Waals surface area contributed by atoms with Gasteiger partial charge in [-0.1, -0.05) is 25.7 Å². The van der Waals surface area contributed by atoms with E-state index < -0.39 is 0 Å². The molecule has 1 aliphatic carbocycles. The van der Waals surface area contributed by atoms with Crippen LogP contribution in [0.5, 0.6) is 0 Å². The summed E-state index contributed by atoms with van der Waals surface area (Å²) >= 11 is 0. The number of hydrogen-bond acceptors (Lipinski definition) is 3. The molecule has 0 aromatic carbocycles. The summed E-state index contributed by atoms with van der Waals surface area (Å²) in [5.74, 6) is 0.141. The summed E-state index contributed by atoms with van der Waals surface area (Å²) in [6.07, 6.45) is 8.30. The van der Waals surface area contributed by atoms with Gasteiger partial charge in [0, 0.05) is 25.2 Å². The van der Waals surface area contributed by atoms with Crippen molar-refractivity contribution < 1.29 is 4.79 Å². The fraction of sp³-hybridized carbons (Fsp3) is 0.692. The summed E-state index contributed by atoms with van der Waals surface area (Å²) in [5, 5.41) is 4.22. The first kappa shape index (κ1) is 12.3. The minimum Gasteiger partial charge on any atom is -0.329 e. The maximum atomic E-state index is 12.6. The Morgan fingerprint density at radius 3 is 2.53 bits per heavy atom. The van der Waals surface area contributed by atoms with E-state index in [9.17, 15) is 4.79 Å². The van der Waals surface area contributed by atoms with Crippen LogP contribution in [0.1, 0.15) is 49.0 Å². The smallest absolute Gasteiger partial charge is 0.190 e. The summed E-state index contributed by atoms with van der Waals surface area (Å²) in [4.78, 5) is 12.6. The van der Waals surface area contributed by atoms with E-state index in [0.717, 1.165) is 25.7 Å². The molecule has 4 nitrogen and oxygen atoms in total. The van der Waals surface area contributed by atoms with Gasteiger partial charge in [0.05, 0.1) is 0 Å². The van der Waals surface area contributed by atoms with Gasteiger partial charge in [-0.2, -0.15) is 5.10 Å². The Morgan fingerprint density at radius 2 is 2.06 bits per heavy atom. The molecule has 1 aromatic heterocycles. The molecule has 0 unspecified atom stereocenters. The third kappa shape index (κ3) is 2.41. The fourth-order valence-corrected chi connectivity index (χ4v) is 2.74. The molecule has 0 spiro atoms. The average Bonchev–Trinajstić information content (AvgIpc) is 2.64. The van der Waals surface area contributed by atoms with Crippen molar-refractivity contribution in [2.24, 2.45) is 18.2 Å². The number of hydrogen-bond donors (Lipinski definition) is 1. The zero-order chi connectivity index (χ0) is 12.3. The van der Waals surface area contributed by atoms with Crippen molar-refractivity contribution in [2.75, 3.05) is 6.54 Å². The highest BCUT2D eigenvalue weighted by molar-refractivity contribution is 5.99. The van der Waals surface area contributed by atoms with E-state index in [-0.39, 0.29) is 11.2 Å². The first-order valence-corrected chi connectivity index (χ1v) is 6.42. The van der Waals surface area contributed by atoms with Crippen LogP contribution in [-0.2, 0) is 7.05 Å². The standard InChI is InChI=1S/C13H21N3O/c1-16-9-6-11(15-16)12(17)13(10-14)7-4-2-3-5-8-13/h6,9H,2-5,7-8,10,14H2,1H3. The Morgan fingerprint density at radius 1 is 1.41 bits per heavy atom. The molecule has 0 aliphatic heterocycles. The van der Waals surface area contributed by atoms with Crippen LogP contribution in [0.15, 0.2) is 12.3 Å². The predicted octanol–water partition coefficient (Wildman–Crippen LogP) is 1.90. The van der Waals surface area contributed by atoms with Gasteiger partial charge in [-0.05, 0) is 18.9 Å². The highest BCUT2D eigenvalue weighted by Crippen LogP contribution is 2.36. The number of nitrogens with two attached hydrogens (primary N) is 1. The molecule has 1 fully saturated rings. The fourth-order valence-electron chi connectivity index (χ4n) is 2.74. The van der Waals surface area contributed by atoms with Crippen LogP contribution in [0, 0.1) is 5.41 Å². The summed E-state index contributed by atoms with van der Waals surface area (Å²) in [5.41, 5.74) is 6.11. The highest BCUT2D eigenvalue weighted by Gasteiger charge is 2.38. The van der Waals surface area contributed by atoms with Gasteiger partial charge in [0.2, 0.25) is 0 Å². The Balaban J connectivity index is 2.24. The number of carbonyl (C=O) groups excluding carboxylic acids is 1. The zero-order valence-corrected chi connectivity index (χ0v) is 10.5. The Hall–Kier alpha value is -1.16. The largest absolute Gasteiger partial charge is 0.329 e. The van der Waals surface area contributed by atoms with E-state index in [1.807, 2.05) is 13.2 Å². The van der Waals surface area contributed by atoms with E-state index in [4.69, 9.17) is 5.73 Å². The molecule has 0 radical (unpaired) electrons. The Kier molecular flexibility index (Phi) is 3.62. The van der Waals surface area contributed by atoms with Crippen LogP contribution in [-0.4, -0.2) is 22.1 Å². The van der Waals surface area contributed by atoms with E-state index in [0.29, 0.717) is 12.2 Å². The molecule has 0 bridgehead atoms. The van der Waals surface area contributed by atoms with Gasteiger partial charge in [0.1, 0.15) is 5.69 Å². The molecule has 2 N–H and O–H groups in total. The topological polar surface area (TPSA) is 60.9 Å². The average molecular weight is 235 g/mol. The normalized spacial score (nSPS) is 19.9. The lowest BCUT2D eigenvalue weighted by atomic mass is 9.75. The monoisotopic (exact) mass is 235 g/mol. The number of aromatic nitrogens is 2. The molecule has 1 saturated carbocycles. The Bertz CT molecular complexity index is 389. The molecular formula is C13H21N3O. The van der Waals surface area contributed by atoms with Crippen LogP contribution in [0.2, 0.25) is 0 Å². The lowest BCUT2D eigenvalue weighted by molar-refractivity contribution is 0.0768. The molecule has 4 heteroatoms. The van der Waals surface area contributed by atoms with Crippen molar-refractivity contribution in [3.05, 3.63) is 18.0 Å². The number of Topliss-reactive ketones (excluding diaryl/α,β-unsaturated/α-hetero) is 1. The SMILES string of the molecule is Cn1ccc(C(=O)C2(CN)CCCCCC2)n1. The van der Waals surface area contributed by atoms with Gasteiger partial charge in [-0.15, -0.1) is 0 Å². The van der Waals surface area contributed by atoms with Crippen LogP contribution in [0.4, 0.5) is 0 Å². The summed E-state index contributed by atoms with van der Waals surface area (Å²) in [6, 6.07) is 1.80. The first-order chi connectivity index (χ1) is 8.18. The van der Waals surface area contributed by atoms with Crippen LogP contribution < -0.4 is 5.73 Å². The molecular weight excluding hydrogens is 214 g/mol. The second-order valence-corrected chi connectivity index (χ2v) is 5.10. The molecule has 0 saturated heterocycles. The van der Waals surface area contributed by atoms with Gasteiger partial charge in [0.15, 0.2) is 5.78 Å². The van der Waals surface area contributed by atoms with Crippen molar-refractivity contribution >= 4 is 5.78 Å². The molecule has 2 rings (SSSR count). The summed E-state index contributed by atoms with van der Waals surface area (Å²) in [7, 11) is 1.83. The molecule has 17 heavy (non-hydrogen) atoms. The van der Waals surface area contributed by atoms with Crippen molar-refractivity contribution in [3.63, 3.8) is 0 Å². The number of rotatable bonds is 3. The van der Waals surface area contributed by atoms with E-state index in [1.165, 1.54) is 12.8 Å². The molecule has 1 heterocycles. The number of aryl methyl sites for hydroxylation is 1. The minimum atomic E-state index is -0.356. The van der Waals surface area contributed by atoms with Gasteiger partial charge in [-0.25, -0.2) is 0 Å². The van der Waals surface area contributed by atoms with Gasteiger partial charge < -0.3 is 5.73 Å². The van der Waals surface area contributed by atoms with Crippen molar-refractivity contribution in [1.82, 2.24) is 9.78 Å². The Labute approximate surface area is 102 Å². The van der Waals surface area contributed by atoms with Crippen LogP contribution >= 0.6 is 0 Å². The van der Waals surface area contributed by atoms with Crippen molar-refractivity contribution in [1.29, 1.82) is 0 Å². The molecule has 94 valence electrons. The second kappa shape index (κ2) is 5.00. The molecule has 1 aromatic rings. The second-order valence-electron chi connectivity index (χ2n) is 5.10. The molecule has 0 amide bonds. The highest BCUT2D eigenvalue weighted by atomic mass is 16.1. The lowest BCUT2D eigenvalue weighted by Crippen LogP contribution is -2.38. The third-order valence-electron chi connectivity index (χ3n) is 3.88. The maximum absolute atomic E-state index is 12.6. The maximum Gasteiger partial charge on any atom is 0.190 e. The lowest BCUT2D eigenvalue weighted by Gasteiger charge is -2.28. The quantitative estimate of drug-likeness (QED) is 0.643. The molecule has 0 atom stereocenters. The van der Waals surface area contributed by atoms with E-state index in [1.54, 1.807) is 10.7 Å². The summed E-state index contributed by atoms with van der Waals surface area (Å²) < 4.78 is 1.67. The van der Waals surface area contributed by atoms with E-state index >= 15 is 0 Å². The summed E-state index contributed by atoms with van der Waals surface area (Å²) in [6.45, 7) is 0.447. The van der Waals surface area contributed by atoms with Crippen molar-refractivity contribution in [2.45, 2.75) is 38.5 Å². The van der Waals surface area contributed by atoms with Crippen LogP contribution in [0.3, 0.4) is 0 Å².